The van der Waals surface area contributed by atoms with Gasteiger partial charge in [0.2, 0.25) is 0 Å². The van der Waals surface area contributed by atoms with Crippen LogP contribution in [0.15, 0.2) is 47.6 Å². The summed E-state index contributed by atoms with van der Waals surface area (Å²) in [5.41, 5.74) is 1.61. The van der Waals surface area contributed by atoms with Crippen LogP contribution in [0.5, 0.6) is 5.75 Å². The zero-order valence-corrected chi connectivity index (χ0v) is 12.3. The van der Waals surface area contributed by atoms with E-state index in [9.17, 15) is 9.90 Å². The zero-order chi connectivity index (χ0) is 15.0. The van der Waals surface area contributed by atoms with Gasteiger partial charge in [0.15, 0.2) is 0 Å². The fourth-order valence-corrected chi connectivity index (χ4v) is 2.41. The number of hydrazone groups is 1. The van der Waals surface area contributed by atoms with E-state index in [-0.39, 0.29) is 18.1 Å². The highest BCUT2D eigenvalue weighted by Crippen LogP contribution is 2.31. The predicted octanol–water partition coefficient (Wildman–Crippen LogP) is 3.84. The molecule has 0 bridgehead atoms. The van der Waals surface area contributed by atoms with Crippen LogP contribution in [0.4, 0.5) is 5.69 Å². The molecule has 21 heavy (non-hydrogen) atoms. The van der Waals surface area contributed by atoms with E-state index >= 15 is 0 Å². The van der Waals surface area contributed by atoms with Crippen LogP contribution < -0.4 is 5.01 Å². The Labute approximate surface area is 131 Å². The summed E-state index contributed by atoms with van der Waals surface area (Å²) in [7, 11) is 0. The van der Waals surface area contributed by atoms with E-state index in [2.05, 4.69) is 5.10 Å². The maximum atomic E-state index is 12.1. The number of halogens is 2. The van der Waals surface area contributed by atoms with Gasteiger partial charge in [0, 0.05) is 5.56 Å². The van der Waals surface area contributed by atoms with Crippen LogP contribution in [0.25, 0.3) is 0 Å². The Balaban J connectivity index is 1.99. The molecule has 2 aromatic rings. The minimum atomic E-state index is -0.188. The third kappa shape index (κ3) is 2.60. The summed E-state index contributed by atoms with van der Waals surface area (Å²) in [6.07, 6.45) is 0.123. The lowest BCUT2D eigenvalue weighted by molar-refractivity contribution is -0.116. The number of amides is 1. The molecule has 1 N–H and O–H groups in total. The highest BCUT2D eigenvalue weighted by atomic mass is 35.5. The first-order valence-corrected chi connectivity index (χ1v) is 6.95. The van der Waals surface area contributed by atoms with Crippen molar-refractivity contribution in [2.75, 3.05) is 5.01 Å². The van der Waals surface area contributed by atoms with Crippen molar-refractivity contribution >= 4 is 40.5 Å². The summed E-state index contributed by atoms with van der Waals surface area (Å²) in [5, 5.41) is 16.2. The third-order valence-electron chi connectivity index (χ3n) is 3.14. The van der Waals surface area contributed by atoms with Crippen molar-refractivity contribution in [1.82, 2.24) is 0 Å². The topological polar surface area (TPSA) is 52.9 Å². The lowest BCUT2D eigenvalue weighted by Crippen LogP contribution is -2.19. The van der Waals surface area contributed by atoms with Crippen LogP contribution in [0.2, 0.25) is 10.0 Å². The molecule has 1 amide bonds. The molecule has 106 valence electrons. The number of phenolic OH excluding ortho intramolecular Hbond substituents is 1. The second-order valence-electron chi connectivity index (χ2n) is 4.54. The van der Waals surface area contributed by atoms with E-state index in [0.717, 1.165) is 0 Å². The number of carbonyl (C=O) groups excluding carboxylic acids is 1. The Morgan fingerprint density at radius 1 is 1.10 bits per heavy atom. The highest BCUT2D eigenvalue weighted by Gasteiger charge is 2.27. The summed E-state index contributed by atoms with van der Waals surface area (Å²) in [5.74, 6) is -0.0910. The van der Waals surface area contributed by atoms with Gasteiger partial charge in [-0.05, 0) is 30.3 Å². The maximum Gasteiger partial charge on any atom is 0.253 e. The van der Waals surface area contributed by atoms with Crippen LogP contribution >= 0.6 is 23.2 Å². The molecule has 0 aliphatic carbocycles. The molecule has 0 unspecified atom stereocenters. The molecule has 4 nitrogen and oxygen atoms in total. The Morgan fingerprint density at radius 3 is 2.57 bits per heavy atom. The molecular formula is C15H10Cl2N2O2. The van der Waals surface area contributed by atoms with Crippen molar-refractivity contribution in [3.63, 3.8) is 0 Å². The second kappa shape index (κ2) is 5.39. The normalized spacial score (nSPS) is 14.5. The zero-order valence-electron chi connectivity index (χ0n) is 10.8. The van der Waals surface area contributed by atoms with Crippen molar-refractivity contribution in [3.8, 4) is 5.75 Å². The molecule has 2 aromatic carbocycles. The second-order valence-corrected chi connectivity index (χ2v) is 5.36. The molecule has 0 radical (unpaired) electrons. The summed E-state index contributed by atoms with van der Waals surface area (Å²) in [6.45, 7) is 0. The van der Waals surface area contributed by atoms with Crippen molar-refractivity contribution in [2.24, 2.45) is 5.10 Å². The molecular weight excluding hydrogens is 311 g/mol. The molecule has 1 aliphatic rings. The number of phenols is 1. The van der Waals surface area contributed by atoms with Crippen LogP contribution in [-0.4, -0.2) is 16.7 Å². The molecule has 0 fully saturated rings. The molecule has 1 aliphatic heterocycles. The number of nitrogens with zero attached hydrogens (tertiary/aromatic N) is 2. The Bertz CT molecular complexity index is 759. The fraction of sp³-hybridized carbons (Fsp3) is 0.0667. The lowest BCUT2D eigenvalue weighted by Gasteiger charge is -2.12. The first-order chi connectivity index (χ1) is 10.1. The standard InChI is InChI=1S/C15H10Cl2N2O2/c16-11-6-5-9(7-12(11)17)19-15(21)8-13(18-19)10-3-1-2-4-14(10)20/h1-7,20H,8H2. The third-order valence-corrected chi connectivity index (χ3v) is 3.88. The quantitative estimate of drug-likeness (QED) is 0.914. The van der Waals surface area contributed by atoms with Crippen LogP contribution in [0, 0.1) is 0 Å². The molecule has 0 atom stereocenters. The molecule has 3 rings (SSSR count). The van der Waals surface area contributed by atoms with Gasteiger partial charge in [0.25, 0.3) is 5.91 Å². The molecule has 0 aromatic heterocycles. The molecule has 6 heteroatoms. The van der Waals surface area contributed by atoms with Gasteiger partial charge in [-0.15, -0.1) is 0 Å². The number of carbonyl (C=O) groups is 1. The first kappa shape index (κ1) is 13.9. The average Bonchev–Trinajstić information content (AvgIpc) is 2.84. The highest BCUT2D eigenvalue weighted by molar-refractivity contribution is 6.42. The van der Waals surface area contributed by atoms with E-state index in [1.807, 2.05) is 0 Å². The number of benzene rings is 2. The summed E-state index contributed by atoms with van der Waals surface area (Å²) >= 11 is 11.8. The first-order valence-electron chi connectivity index (χ1n) is 6.20. The SMILES string of the molecule is O=C1CC(c2ccccc2O)=NN1c1ccc(Cl)c(Cl)c1. The number of hydrogen-bond donors (Lipinski definition) is 1. The minimum Gasteiger partial charge on any atom is -0.507 e. The van der Waals surface area contributed by atoms with Gasteiger partial charge >= 0.3 is 0 Å². The van der Waals surface area contributed by atoms with Crippen molar-refractivity contribution < 1.29 is 9.90 Å². The van der Waals surface area contributed by atoms with E-state index < -0.39 is 0 Å². The van der Waals surface area contributed by atoms with Gasteiger partial charge in [0.1, 0.15) is 5.75 Å². The van der Waals surface area contributed by atoms with E-state index in [0.29, 0.717) is 27.0 Å². The Hall–Kier alpha value is -2.04. The maximum absolute atomic E-state index is 12.1. The molecule has 0 saturated carbocycles. The van der Waals surface area contributed by atoms with Crippen LogP contribution in [0.3, 0.4) is 0 Å². The number of aromatic hydroxyl groups is 1. The summed E-state index contributed by atoms with van der Waals surface area (Å²) < 4.78 is 0. The molecule has 0 saturated heterocycles. The Morgan fingerprint density at radius 2 is 1.86 bits per heavy atom. The minimum absolute atomic E-state index is 0.0973. The van der Waals surface area contributed by atoms with Gasteiger partial charge < -0.3 is 5.11 Å². The largest absolute Gasteiger partial charge is 0.507 e. The lowest BCUT2D eigenvalue weighted by atomic mass is 10.1. The van der Waals surface area contributed by atoms with Crippen molar-refractivity contribution in [3.05, 3.63) is 58.1 Å². The monoisotopic (exact) mass is 320 g/mol. The Kier molecular flexibility index (Phi) is 3.57. The number of rotatable bonds is 2. The number of anilines is 1. The van der Waals surface area contributed by atoms with Crippen LogP contribution in [-0.2, 0) is 4.79 Å². The van der Waals surface area contributed by atoms with Crippen molar-refractivity contribution in [1.29, 1.82) is 0 Å². The number of para-hydroxylation sites is 1. The van der Waals surface area contributed by atoms with Crippen LogP contribution in [0.1, 0.15) is 12.0 Å². The van der Waals surface area contributed by atoms with Gasteiger partial charge in [-0.3, -0.25) is 4.79 Å². The summed E-state index contributed by atoms with van der Waals surface area (Å²) in [4.78, 5) is 12.1. The van der Waals surface area contributed by atoms with Crippen molar-refractivity contribution in [2.45, 2.75) is 6.42 Å². The number of hydrogen-bond acceptors (Lipinski definition) is 3. The fourth-order valence-electron chi connectivity index (χ4n) is 2.12. The molecule has 0 spiro atoms. The summed E-state index contributed by atoms with van der Waals surface area (Å²) in [6, 6.07) is 11.6. The average molecular weight is 321 g/mol. The predicted molar refractivity (Wildman–Crippen MR) is 83.2 cm³/mol. The van der Waals surface area contributed by atoms with E-state index in [4.69, 9.17) is 23.2 Å². The van der Waals surface area contributed by atoms with Gasteiger partial charge in [0.05, 0.1) is 27.9 Å². The van der Waals surface area contributed by atoms with E-state index in [1.165, 1.54) is 5.01 Å². The van der Waals surface area contributed by atoms with Gasteiger partial charge in [-0.1, -0.05) is 35.3 Å². The smallest absolute Gasteiger partial charge is 0.253 e. The van der Waals surface area contributed by atoms with Gasteiger partial charge in [-0.25, -0.2) is 5.01 Å². The van der Waals surface area contributed by atoms with E-state index in [1.54, 1.807) is 42.5 Å². The molecule has 1 heterocycles. The van der Waals surface area contributed by atoms with Gasteiger partial charge in [-0.2, -0.15) is 5.10 Å².